The van der Waals surface area contributed by atoms with Crippen molar-refractivity contribution < 1.29 is 4.79 Å². The fraction of sp³-hybridized carbons (Fsp3) is 0.933. The summed E-state index contributed by atoms with van der Waals surface area (Å²) < 4.78 is 0. The minimum Gasteiger partial charge on any atom is -0.353 e. The topological polar surface area (TPSA) is 55.1 Å². The Bertz CT molecular complexity index is 265. The highest BCUT2D eigenvalue weighted by atomic mass is 16.1. The Kier molecular flexibility index (Phi) is 6.13. The molecule has 0 bridgehead atoms. The Morgan fingerprint density at radius 3 is 2.50 bits per heavy atom. The maximum atomic E-state index is 12.1. The van der Waals surface area contributed by atoms with Crippen LogP contribution in [0, 0.1) is 17.8 Å². The molecular formula is C15H30N2O. The Morgan fingerprint density at radius 2 is 1.94 bits per heavy atom. The van der Waals surface area contributed by atoms with E-state index in [4.69, 9.17) is 5.73 Å². The molecule has 106 valence electrons. The van der Waals surface area contributed by atoms with E-state index < -0.39 is 0 Å². The van der Waals surface area contributed by atoms with E-state index in [1.54, 1.807) is 0 Å². The van der Waals surface area contributed by atoms with Gasteiger partial charge >= 0.3 is 0 Å². The lowest BCUT2D eigenvalue weighted by Gasteiger charge is -2.31. The molecule has 4 atom stereocenters. The minimum atomic E-state index is 0.137. The first kappa shape index (κ1) is 15.5. The summed E-state index contributed by atoms with van der Waals surface area (Å²) >= 11 is 0. The molecule has 0 aromatic carbocycles. The van der Waals surface area contributed by atoms with Crippen molar-refractivity contribution in [2.75, 3.05) is 0 Å². The monoisotopic (exact) mass is 254 g/mol. The number of nitrogens with one attached hydrogen (secondary N) is 1. The van der Waals surface area contributed by atoms with Crippen LogP contribution in [0.5, 0.6) is 0 Å². The minimum absolute atomic E-state index is 0.137. The lowest BCUT2D eigenvalue weighted by Crippen LogP contribution is -2.43. The summed E-state index contributed by atoms with van der Waals surface area (Å²) in [6, 6.07) is 0.482. The van der Waals surface area contributed by atoms with Crippen molar-refractivity contribution in [2.45, 2.75) is 71.9 Å². The van der Waals surface area contributed by atoms with Crippen LogP contribution in [0.4, 0.5) is 0 Å². The van der Waals surface area contributed by atoms with Crippen LogP contribution in [0.1, 0.15) is 59.8 Å². The molecule has 0 aromatic heterocycles. The third kappa shape index (κ3) is 4.97. The van der Waals surface area contributed by atoms with Crippen molar-refractivity contribution in [3.05, 3.63) is 0 Å². The fourth-order valence-electron chi connectivity index (χ4n) is 2.61. The van der Waals surface area contributed by atoms with Crippen molar-refractivity contribution >= 4 is 5.91 Å². The molecule has 3 heteroatoms. The average Bonchev–Trinajstić information content (AvgIpc) is 2.30. The largest absolute Gasteiger partial charge is 0.353 e. The molecule has 1 saturated carbocycles. The Hall–Kier alpha value is -0.570. The van der Waals surface area contributed by atoms with Crippen molar-refractivity contribution in [1.82, 2.24) is 5.32 Å². The van der Waals surface area contributed by atoms with Crippen molar-refractivity contribution in [2.24, 2.45) is 23.5 Å². The standard InChI is InChI=1S/C15H30N2O/c1-10(2)5-7-12(4)17-15(18)13-8-6-11(3)14(16)9-13/h10-14H,5-9,16H2,1-4H3,(H,17,18). The molecule has 0 saturated heterocycles. The van der Waals surface area contributed by atoms with Gasteiger partial charge in [0.2, 0.25) is 5.91 Å². The summed E-state index contributed by atoms with van der Waals surface area (Å²) in [6.07, 6.45) is 5.17. The van der Waals surface area contributed by atoms with Crippen LogP contribution in [0.3, 0.4) is 0 Å². The fourth-order valence-corrected chi connectivity index (χ4v) is 2.61. The number of carbonyl (C=O) groups is 1. The first-order valence-corrected chi connectivity index (χ1v) is 7.46. The molecule has 1 aliphatic rings. The molecule has 3 nitrogen and oxygen atoms in total. The van der Waals surface area contributed by atoms with E-state index in [1.165, 1.54) is 6.42 Å². The van der Waals surface area contributed by atoms with Gasteiger partial charge in [0.1, 0.15) is 0 Å². The lowest BCUT2D eigenvalue weighted by molar-refractivity contribution is -0.127. The molecule has 1 rings (SSSR count). The first-order valence-electron chi connectivity index (χ1n) is 7.46. The normalized spacial score (nSPS) is 30.2. The molecule has 0 aromatic rings. The molecule has 0 radical (unpaired) electrons. The molecular weight excluding hydrogens is 224 g/mol. The molecule has 0 heterocycles. The van der Waals surface area contributed by atoms with Crippen molar-refractivity contribution in [1.29, 1.82) is 0 Å². The van der Waals surface area contributed by atoms with Crippen LogP contribution in [-0.4, -0.2) is 18.0 Å². The van der Waals surface area contributed by atoms with Gasteiger partial charge in [-0.25, -0.2) is 0 Å². The molecule has 3 N–H and O–H groups in total. The second-order valence-corrected chi connectivity index (χ2v) is 6.53. The zero-order valence-corrected chi connectivity index (χ0v) is 12.4. The molecule has 1 amide bonds. The molecule has 0 spiro atoms. The second-order valence-electron chi connectivity index (χ2n) is 6.53. The lowest BCUT2D eigenvalue weighted by atomic mass is 9.79. The highest BCUT2D eigenvalue weighted by Crippen LogP contribution is 2.27. The third-order valence-corrected chi connectivity index (χ3v) is 4.19. The van der Waals surface area contributed by atoms with Gasteiger partial charge in [0.05, 0.1) is 0 Å². The van der Waals surface area contributed by atoms with Gasteiger partial charge in [-0.1, -0.05) is 20.8 Å². The van der Waals surface area contributed by atoms with Gasteiger partial charge in [0.15, 0.2) is 0 Å². The summed E-state index contributed by atoms with van der Waals surface area (Å²) in [5.41, 5.74) is 6.06. The number of hydrogen-bond donors (Lipinski definition) is 2. The van der Waals surface area contributed by atoms with Crippen LogP contribution in [0.15, 0.2) is 0 Å². The molecule has 18 heavy (non-hydrogen) atoms. The first-order chi connectivity index (χ1) is 8.40. The van der Waals surface area contributed by atoms with Crippen LogP contribution in [0.25, 0.3) is 0 Å². The van der Waals surface area contributed by atoms with E-state index in [0.29, 0.717) is 11.8 Å². The quantitative estimate of drug-likeness (QED) is 0.792. The Balaban J connectivity index is 2.32. The van der Waals surface area contributed by atoms with E-state index in [-0.39, 0.29) is 23.9 Å². The Labute approximate surface area is 112 Å². The highest BCUT2D eigenvalue weighted by Gasteiger charge is 2.29. The smallest absolute Gasteiger partial charge is 0.223 e. The van der Waals surface area contributed by atoms with Crippen LogP contribution >= 0.6 is 0 Å². The SMILES string of the molecule is CC(C)CCC(C)NC(=O)C1CCC(C)C(N)C1. The van der Waals surface area contributed by atoms with Crippen LogP contribution in [0.2, 0.25) is 0 Å². The molecule has 0 aliphatic heterocycles. The summed E-state index contributed by atoms with van der Waals surface area (Å²) in [6.45, 7) is 8.72. The zero-order valence-electron chi connectivity index (χ0n) is 12.4. The summed E-state index contributed by atoms with van der Waals surface area (Å²) in [7, 11) is 0. The van der Waals surface area contributed by atoms with Crippen LogP contribution in [-0.2, 0) is 4.79 Å². The van der Waals surface area contributed by atoms with Gasteiger partial charge in [-0.05, 0) is 50.9 Å². The summed E-state index contributed by atoms with van der Waals surface area (Å²) in [4.78, 5) is 12.1. The predicted octanol–water partition coefficient (Wildman–Crippen LogP) is 2.69. The maximum Gasteiger partial charge on any atom is 0.223 e. The predicted molar refractivity (Wildman–Crippen MR) is 76.2 cm³/mol. The molecule has 1 aliphatic carbocycles. The number of nitrogens with two attached hydrogens (primary N) is 1. The van der Waals surface area contributed by atoms with Crippen LogP contribution < -0.4 is 11.1 Å². The van der Waals surface area contributed by atoms with Gasteiger partial charge in [-0.2, -0.15) is 0 Å². The van der Waals surface area contributed by atoms with Crippen molar-refractivity contribution in [3.8, 4) is 0 Å². The van der Waals surface area contributed by atoms with E-state index in [2.05, 4.69) is 33.0 Å². The van der Waals surface area contributed by atoms with E-state index >= 15 is 0 Å². The molecule has 1 fully saturated rings. The van der Waals surface area contributed by atoms with Crippen molar-refractivity contribution in [3.63, 3.8) is 0 Å². The van der Waals surface area contributed by atoms with E-state index in [0.717, 1.165) is 25.7 Å². The number of hydrogen-bond acceptors (Lipinski definition) is 2. The van der Waals surface area contributed by atoms with Gasteiger partial charge in [-0.3, -0.25) is 4.79 Å². The third-order valence-electron chi connectivity index (χ3n) is 4.19. The zero-order chi connectivity index (χ0) is 13.7. The van der Waals surface area contributed by atoms with E-state index in [9.17, 15) is 4.79 Å². The van der Waals surface area contributed by atoms with Gasteiger partial charge in [0.25, 0.3) is 0 Å². The van der Waals surface area contributed by atoms with Gasteiger partial charge in [-0.15, -0.1) is 0 Å². The number of amides is 1. The summed E-state index contributed by atoms with van der Waals surface area (Å²) in [5.74, 6) is 1.62. The van der Waals surface area contributed by atoms with Gasteiger partial charge < -0.3 is 11.1 Å². The Morgan fingerprint density at radius 1 is 1.28 bits per heavy atom. The van der Waals surface area contributed by atoms with Gasteiger partial charge in [0, 0.05) is 18.0 Å². The summed E-state index contributed by atoms with van der Waals surface area (Å²) in [5, 5.41) is 3.15. The number of carbonyl (C=O) groups excluding carboxylic acids is 1. The highest BCUT2D eigenvalue weighted by molar-refractivity contribution is 5.79. The van der Waals surface area contributed by atoms with E-state index in [1.807, 2.05) is 0 Å². The second kappa shape index (κ2) is 7.13. The average molecular weight is 254 g/mol. The number of rotatable bonds is 5. The molecule has 4 unspecified atom stereocenters. The maximum absolute atomic E-state index is 12.1.